The van der Waals surface area contributed by atoms with Crippen molar-refractivity contribution in [2.45, 2.75) is 51.4 Å². The fourth-order valence-corrected chi connectivity index (χ4v) is 3.99. The highest BCUT2D eigenvalue weighted by Crippen LogP contribution is 2.44. The van der Waals surface area contributed by atoms with Crippen molar-refractivity contribution in [2.75, 3.05) is 20.2 Å². The molecule has 1 aromatic rings. The van der Waals surface area contributed by atoms with Gasteiger partial charge in [0.05, 0.1) is 13.2 Å². The second-order valence-electron chi connectivity index (χ2n) is 7.24. The number of aliphatic hydroxyl groups is 1. The van der Waals surface area contributed by atoms with Crippen LogP contribution in [0.3, 0.4) is 0 Å². The third kappa shape index (κ3) is 2.70. The van der Waals surface area contributed by atoms with Crippen LogP contribution in [0, 0.1) is 5.92 Å². The SMILES string of the molecule is COc1ccc2c(c1)C(O)C(N1CCCC(C)C1)C(C)(C)O2. The van der Waals surface area contributed by atoms with E-state index in [9.17, 15) is 5.11 Å². The number of ether oxygens (including phenoxy) is 2. The summed E-state index contributed by atoms with van der Waals surface area (Å²) in [5.74, 6) is 2.19. The molecule has 0 amide bonds. The Kier molecular flexibility index (Phi) is 4.08. The van der Waals surface area contributed by atoms with Crippen LogP contribution >= 0.6 is 0 Å². The fraction of sp³-hybridized carbons (Fsp3) is 0.667. The molecule has 0 radical (unpaired) electrons. The summed E-state index contributed by atoms with van der Waals surface area (Å²) >= 11 is 0. The fourth-order valence-electron chi connectivity index (χ4n) is 3.99. The molecule has 1 fully saturated rings. The maximum absolute atomic E-state index is 11.0. The Morgan fingerprint density at radius 2 is 2.14 bits per heavy atom. The molecule has 4 heteroatoms. The number of hydrogen-bond acceptors (Lipinski definition) is 4. The van der Waals surface area contributed by atoms with E-state index in [1.165, 1.54) is 12.8 Å². The number of rotatable bonds is 2. The van der Waals surface area contributed by atoms with Gasteiger partial charge in [-0.1, -0.05) is 6.92 Å². The van der Waals surface area contributed by atoms with Crippen LogP contribution in [0.5, 0.6) is 11.5 Å². The van der Waals surface area contributed by atoms with E-state index < -0.39 is 11.7 Å². The standard InChI is InChI=1S/C18H27NO3/c1-12-6-5-9-19(11-12)17-16(20)14-10-13(21-4)7-8-15(14)22-18(17,2)3/h7-8,10,12,16-17,20H,5-6,9,11H2,1-4H3. The number of methoxy groups -OCH3 is 1. The summed E-state index contributed by atoms with van der Waals surface area (Å²) in [6.45, 7) is 8.48. The van der Waals surface area contributed by atoms with E-state index in [1.54, 1.807) is 7.11 Å². The molecule has 3 rings (SSSR count). The zero-order valence-corrected chi connectivity index (χ0v) is 14.0. The third-order valence-corrected chi connectivity index (χ3v) is 5.00. The first-order valence-electron chi connectivity index (χ1n) is 8.21. The van der Waals surface area contributed by atoms with Crippen molar-refractivity contribution in [1.29, 1.82) is 0 Å². The van der Waals surface area contributed by atoms with E-state index in [4.69, 9.17) is 9.47 Å². The summed E-state index contributed by atoms with van der Waals surface area (Å²) in [7, 11) is 1.64. The van der Waals surface area contributed by atoms with Crippen LogP contribution in [-0.2, 0) is 0 Å². The van der Waals surface area contributed by atoms with E-state index in [2.05, 4.69) is 25.7 Å². The number of benzene rings is 1. The predicted molar refractivity (Wildman–Crippen MR) is 86.4 cm³/mol. The molecule has 1 aromatic carbocycles. The van der Waals surface area contributed by atoms with Crippen LogP contribution in [0.2, 0.25) is 0 Å². The molecule has 122 valence electrons. The van der Waals surface area contributed by atoms with Crippen LogP contribution in [0.15, 0.2) is 18.2 Å². The molecule has 0 aromatic heterocycles. The Hall–Kier alpha value is -1.26. The van der Waals surface area contributed by atoms with Crippen molar-refractivity contribution in [3.8, 4) is 11.5 Å². The van der Waals surface area contributed by atoms with E-state index in [1.807, 2.05) is 18.2 Å². The molecule has 22 heavy (non-hydrogen) atoms. The van der Waals surface area contributed by atoms with Gasteiger partial charge in [0.25, 0.3) is 0 Å². The molecule has 0 spiro atoms. The molecule has 3 atom stereocenters. The van der Waals surface area contributed by atoms with Crippen molar-refractivity contribution in [3.63, 3.8) is 0 Å². The maximum atomic E-state index is 11.0. The molecule has 2 aliphatic rings. The minimum Gasteiger partial charge on any atom is -0.497 e. The summed E-state index contributed by atoms with van der Waals surface area (Å²) in [4.78, 5) is 2.40. The molecule has 2 aliphatic heterocycles. The zero-order chi connectivity index (χ0) is 15.9. The normalized spacial score (nSPS) is 31.2. The second kappa shape index (κ2) is 5.74. The number of fused-ring (bicyclic) bond motifs is 1. The van der Waals surface area contributed by atoms with Crippen LogP contribution in [0.25, 0.3) is 0 Å². The minimum atomic E-state index is -0.556. The summed E-state index contributed by atoms with van der Waals surface area (Å²) in [5, 5.41) is 11.0. The van der Waals surface area contributed by atoms with Gasteiger partial charge in [0.2, 0.25) is 0 Å². The third-order valence-electron chi connectivity index (χ3n) is 5.00. The van der Waals surface area contributed by atoms with Gasteiger partial charge in [0, 0.05) is 12.1 Å². The van der Waals surface area contributed by atoms with Crippen LogP contribution in [-0.4, -0.2) is 41.8 Å². The summed E-state index contributed by atoms with van der Waals surface area (Å²) in [6.07, 6.45) is 1.90. The molecular formula is C18H27NO3. The Labute approximate surface area is 133 Å². The first-order valence-corrected chi connectivity index (χ1v) is 8.21. The van der Waals surface area contributed by atoms with Gasteiger partial charge in [-0.05, 0) is 57.4 Å². The van der Waals surface area contributed by atoms with Crippen molar-refractivity contribution in [1.82, 2.24) is 4.90 Å². The first-order chi connectivity index (χ1) is 10.4. The Bertz CT molecular complexity index is 543. The van der Waals surface area contributed by atoms with Crippen LogP contribution in [0.1, 0.15) is 45.3 Å². The van der Waals surface area contributed by atoms with E-state index in [0.717, 1.165) is 30.2 Å². The van der Waals surface area contributed by atoms with Crippen LogP contribution in [0.4, 0.5) is 0 Å². The maximum Gasteiger partial charge on any atom is 0.126 e. The van der Waals surface area contributed by atoms with Gasteiger partial charge in [-0.15, -0.1) is 0 Å². The zero-order valence-electron chi connectivity index (χ0n) is 14.0. The van der Waals surface area contributed by atoms with E-state index in [-0.39, 0.29) is 6.04 Å². The highest BCUT2D eigenvalue weighted by Gasteiger charge is 2.47. The molecule has 0 saturated carbocycles. The van der Waals surface area contributed by atoms with Gasteiger partial charge < -0.3 is 14.6 Å². The molecular weight excluding hydrogens is 278 g/mol. The lowest BCUT2D eigenvalue weighted by molar-refractivity contribution is -0.0920. The monoisotopic (exact) mass is 305 g/mol. The van der Waals surface area contributed by atoms with E-state index in [0.29, 0.717) is 5.92 Å². The number of piperidine rings is 1. The van der Waals surface area contributed by atoms with Crippen molar-refractivity contribution >= 4 is 0 Å². The Morgan fingerprint density at radius 3 is 2.82 bits per heavy atom. The lowest BCUT2D eigenvalue weighted by Crippen LogP contribution is -2.59. The minimum absolute atomic E-state index is 0.0325. The molecule has 2 heterocycles. The summed E-state index contributed by atoms with van der Waals surface area (Å²) in [5.41, 5.74) is 0.417. The van der Waals surface area contributed by atoms with Crippen molar-refractivity contribution in [3.05, 3.63) is 23.8 Å². The average molecular weight is 305 g/mol. The smallest absolute Gasteiger partial charge is 0.126 e. The molecule has 4 nitrogen and oxygen atoms in total. The topological polar surface area (TPSA) is 41.9 Å². The number of nitrogens with zero attached hydrogens (tertiary/aromatic N) is 1. The molecule has 1 saturated heterocycles. The average Bonchev–Trinajstić information content (AvgIpc) is 2.46. The first kappa shape index (κ1) is 15.6. The van der Waals surface area contributed by atoms with Crippen LogP contribution < -0.4 is 9.47 Å². The molecule has 0 aliphatic carbocycles. The van der Waals surface area contributed by atoms with Gasteiger partial charge in [-0.3, -0.25) is 4.90 Å². The number of aliphatic hydroxyl groups excluding tert-OH is 1. The quantitative estimate of drug-likeness (QED) is 0.912. The lowest BCUT2D eigenvalue weighted by Gasteiger charge is -2.50. The van der Waals surface area contributed by atoms with Gasteiger partial charge >= 0.3 is 0 Å². The van der Waals surface area contributed by atoms with Crippen molar-refractivity contribution in [2.24, 2.45) is 5.92 Å². The number of likely N-dealkylation sites (tertiary alicyclic amines) is 1. The summed E-state index contributed by atoms with van der Waals surface area (Å²) < 4.78 is 11.5. The Balaban J connectivity index is 1.95. The van der Waals surface area contributed by atoms with Crippen molar-refractivity contribution < 1.29 is 14.6 Å². The highest BCUT2D eigenvalue weighted by molar-refractivity contribution is 5.44. The predicted octanol–water partition coefficient (Wildman–Crippen LogP) is 3.00. The molecule has 3 unspecified atom stereocenters. The van der Waals surface area contributed by atoms with Gasteiger partial charge in [-0.25, -0.2) is 0 Å². The molecule has 0 bridgehead atoms. The number of hydrogen-bond donors (Lipinski definition) is 1. The van der Waals surface area contributed by atoms with Gasteiger partial charge in [0.15, 0.2) is 0 Å². The largest absolute Gasteiger partial charge is 0.497 e. The van der Waals surface area contributed by atoms with Gasteiger partial charge in [-0.2, -0.15) is 0 Å². The van der Waals surface area contributed by atoms with Gasteiger partial charge in [0.1, 0.15) is 23.2 Å². The second-order valence-corrected chi connectivity index (χ2v) is 7.24. The highest BCUT2D eigenvalue weighted by atomic mass is 16.5. The lowest BCUT2D eigenvalue weighted by atomic mass is 9.83. The Morgan fingerprint density at radius 1 is 1.36 bits per heavy atom. The molecule has 1 N–H and O–H groups in total. The van der Waals surface area contributed by atoms with E-state index >= 15 is 0 Å². The summed E-state index contributed by atoms with van der Waals surface area (Å²) in [6, 6.07) is 5.64.